The first-order valence-corrected chi connectivity index (χ1v) is 15.1. The maximum Gasteiger partial charge on any atom is 0.417 e. The van der Waals surface area contributed by atoms with Crippen LogP contribution in [0.15, 0.2) is 53.4 Å². The van der Waals surface area contributed by atoms with Crippen LogP contribution in [0.4, 0.5) is 13.2 Å². The smallest absolute Gasteiger partial charge is 0.369 e. The zero-order valence-electron chi connectivity index (χ0n) is 22.1. The molecule has 5 aliphatic carbocycles. The molecule has 5 saturated carbocycles. The molecule has 2 amide bonds. The number of benzene rings is 2. The fraction of sp³-hybridized carbons (Fsp3) is 0.517. The lowest BCUT2D eigenvalue weighted by molar-refractivity contribution is -0.148. The maximum absolute atomic E-state index is 14.1. The van der Waals surface area contributed by atoms with E-state index in [4.69, 9.17) is 5.73 Å². The Morgan fingerprint density at radius 3 is 2.17 bits per heavy atom. The van der Waals surface area contributed by atoms with Crippen molar-refractivity contribution >= 4 is 21.8 Å². The summed E-state index contributed by atoms with van der Waals surface area (Å²) in [6.45, 7) is 0. The number of carbonyl (C=O) groups is 2. The third-order valence-corrected chi connectivity index (χ3v) is 11.8. The number of likely N-dealkylation sites (N-methyl/N-ethyl adjacent to an activating group) is 1. The first kappa shape index (κ1) is 27.3. The Morgan fingerprint density at radius 1 is 1.00 bits per heavy atom. The number of carbonyl (C=O) groups excluding carboxylic acids is 2. The Balaban J connectivity index is 1.25. The number of nitrogens with two attached hydrogens (primary N) is 1. The lowest BCUT2D eigenvalue weighted by Gasteiger charge is -2.59. The summed E-state index contributed by atoms with van der Waals surface area (Å²) in [5.41, 5.74) is 3.04. The summed E-state index contributed by atoms with van der Waals surface area (Å²) in [4.78, 5) is 25.4. The Bertz CT molecular complexity index is 1460. The molecule has 40 heavy (non-hydrogen) atoms. The molecule has 5 aliphatic rings. The highest BCUT2D eigenvalue weighted by atomic mass is 32.2. The van der Waals surface area contributed by atoms with Crippen LogP contribution in [0.1, 0.15) is 50.5 Å². The summed E-state index contributed by atoms with van der Waals surface area (Å²) in [6, 6.07) is 10.8. The minimum absolute atomic E-state index is 0.0975. The van der Waals surface area contributed by atoms with Crippen molar-refractivity contribution in [3.8, 4) is 11.1 Å². The third kappa shape index (κ3) is 4.24. The van der Waals surface area contributed by atoms with Crippen LogP contribution in [0.5, 0.6) is 0 Å². The van der Waals surface area contributed by atoms with Gasteiger partial charge in [0.25, 0.3) is 0 Å². The second-order valence-corrected chi connectivity index (χ2v) is 14.2. The molecule has 3 N–H and O–H groups in total. The number of halogens is 3. The minimum Gasteiger partial charge on any atom is -0.369 e. The van der Waals surface area contributed by atoms with Gasteiger partial charge < -0.3 is 11.1 Å². The van der Waals surface area contributed by atoms with Gasteiger partial charge in [-0.2, -0.15) is 17.5 Å². The van der Waals surface area contributed by atoms with Crippen molar-refractivity contribution < 1.29 is 31.2 Å². The van der Waals surface area contributed by atoms with Gasteiger partial charge in [0, 0.05) is 18.5 Å². The quantitative estimate of drug-likeness (QED) is 0.513. The van der Waals surface area contributed by atoms with E-state index in [0.717, 1.165) is 23.6 Å². The summed E-state index contributed by atoms with van der Waals surface area (Å²) in [7, 11) is -3.17. The first-order chi connectivity index (χ1) is 18.8. The molecule has 7 nitrogen and oxygen atoms in total. The van der Waals surface area contributed by atoms with E-state index in [1.54, 1.807) is 18.2 Å². The molecule has 4 bridgehead atoms. The zero-order valence-corrected chi connectivity index (χ0v) is 22.9. The topological polar surface area (TPSA) is 110 Å². The molecule has 11 heteroatoms. The van der Waals surface area contributed by atoms with Crippen molar-refractivity contribution in [1.82, 2.24) is 9.62 Å². The monoisotopic (exact) mass is 575 g/mol. The molecule has 2 aromatic rings. The number of hydrogen-bond donors (Lipinski definition) is 2. The second-order valence-electron chi connectivity index (χ2n) is 12.2. The fourth-order valence-electron chi connectivity index (χ4n) is 7.83. The van der Waals surface area contributed by atoms with Gasteiger partial charge in [-0.25, -0.2) is 8.42 Å². The summed E-state index contributed by atoms with van der Waals surface area (Å²) < 4.78 is 70.4. The van der Waals surface area contributed by atoms with Gasteiger partial charge in [-0.15, -0.1) is 0 Å². The molecule has 214 valence electrons. The van der Waals surface area contributed by atoms with Gasteiger partial charge in [0.15, 0.2) is 0 Å². The predicted octanol–water partition coefficient (Wildman–Crippen LogP) is 4.32. The Morgan fingerprint density at radius 2 is 1.62 bits per heavy atom. The number of amides is 2. The normalized spacial score (nSPS) is 30.3. The summed E-state index contributed by atoms with van der Waals surface area (Å²) in [5.74, 6) is -0.114. The van der Waals surface area contributed by atoms with Crippen LogP contribution in [0.25, 0.3) is 11.1 Å². The molecule has 0 aromatic heterocycles. The van der Waals surface area contributed by atoms with E-state index in [0.29, 0.717) is 30.4 Å². The Kier molecular flexibility index (Phi) is 6.16. The molecule has 5 fully saturated rings. The molecule has 2 aromatic carbocycles. The van der Waals surface area contributed by atoms with E-state index in [9.17, 15) is 31.2 Å². The van der Waals surface area contributed by atoms with E-state index < -0.39 is 43.5 Å². The molecule has 7 rings (SSSR count). The highest BCUT2D eigenvalue weighted by Gasteiger charge is 2.61. The molecule has 0 radical (unpaired) electrons. The number of nitrogens with zero attached hydrogens (tertiary/aromatic N) is 1. The molecule has 2 unspecified atom stereocenters. The zero-order chi connectivity index (χ0) is 28.7. The van der Waals surface area contributed by atoms with Gasteiger partial charge in [0.2, 0.25) is 21.8 Å². The summed E-state index contributed by atoms with van der Waals surface area (Å²) >= 11 is 0. The van der Waals surface area contributed by atoms with Gasteiger partial charge in [-0.1, -0.05) is 36.4 Å². The number of hydrogen-bond acceptors (Lipinski definition) is 4. The highest BCUT2D eigenvalue weighted by molar-refractivity contribution is 7.89. The van der Waals surface area contributed by atoms with E-state index in [1.807, 2.05) is 0 Å². The molecule has 0 aliphatic heterocycles. The van der Waals surface area contributed by atoms with Crippen LogP contribution in [-0.2, 0) is 25.8 Å². The fourth-order valence-corrected chi connectivity index (χ4v) is 9.38. The van der Waals surface area contributed by atoms with Gasteiger partial charge >= 0.3 is 6.18 Å². The standard InChI is InChI=1S/C29H32F3N3O4S/c1-35(40(38,39)21-7-8-22(18-5-3-2-4-6-18)23(13-21)29(30,31)32)28(9-10-28)26(37)34-24-19-11-17-12-20(24)16-27(14-17,15-19)25(33)36/h2-8,13,17,19-20,24H,9-12,14-16H2,1H3,(H2,33,36)(H,34,37). The van der Waals surface area contributed by atoms with Crippen LogP contribution < -0.4 is 11.1 Å². The summed E-state index contributed by atoms with van der Waals surface area (Å²) in [5, 5.41) is 3.11. The van der Waals surface area contributed by atoms with Crippen molar-refractivity contribution in [3.63, 3.8) is 0 Å². The molecule has 0 heterocycles. The number of nitrogens with one attached hydrogen (secondary N) is 1. The van der Waals surface area contributed by atoms with Crippen molar-refractivity contribution in [1.29, 1.82) is 0 Å². The van der Waals surface area contributed by atoms with Crippen molar-refractivity contribution in [2.24, 2.45) is 28.9 Å². The average molecular weight is 576 g/mol. The van der Waals surface area contributed by atoms with Crippen LogP contribution in [0.2, 0.25) is 0 Å². The van der Waals surface area contributed by atoms with Crippen LogP contribution in [0.3, 0.4) is 0 Å². The lowest BCUT2D eigenvalue weighted by atomic mass is 9.47. The Labute approximate surface area is 231 Å². The molecule has 2 atom stereocenters. The molecule has 0 spiro atoms. The second kappa shape index (κ2) is 9.04. The van der Waals surface area contributed by atoms with Crippen molar-refractivity contribution in [2.75, 3.05) is 7.05 Å². The average Bonchev–Trinajstić information content (AvgIpc) is 3.71. The third-order valence-electron chi connectivity index (χ3n) is 9.88. The Hall–Kier alpha value is -2.92. The van der Waals surface area contributed by atoms with Crippen LogP contribution in [0, 0.1) is 23.2 Å². The number of rotatable bonds is 7. The molecular formula is C29H32F3N3O4S. The first-order valence-electron chi connectivity index (χ1n) is 13.6. The van der Waals surface area contributed by atoms with Crippen LogP contribution >= 0.6 is 0 Å². The van der Waals surface area contributed by atoms with Gasteiger partial charge in [-0.3, -0.25) is 9.59 Å². The maximum atomic E-state index is 14.1. The molecular weight excluding hydrogens is 543 g/mol. The largest absolute Gasteiger partial charge is 0.417 e. The van der Waals surface area contributed by atoms with E-state index >= 15 is 0 Å². The van der Waals surface area contributed by atoms with Crippen molar-refractivity contribution in [3.05, 3.63) is 54.1 Å². The summed E-state index contributed by atoms with van der Waals surface area (Å²) in [6.07, 6.45) is -0.408. The minimum atomic E-state index is -4.79. The van der Waals surface area contributed by atoms with E-state index in [1.165, 1.54) is 31.3 Å². The van der Waals surface area contributed by atoms with Gasteiger partial charge in [0.1, 0.15) is 5.54 Å². The number of sulfonamides is 1. The SMILES string of the molecule is CN(C1(C(=O)NC2C3CC4CC2CC(C(N)=O)(C4)C3)CC1)S(=O)(=O)c1ccc(-c2ccccc2)c(C(F)(F)F)c1. The predicted molar refractivity (Wildman–Crippen MR) is 141 cm³/mol. The van der Waals surface area contributed by atoms with E-state index in [2.05, 4.69) is 5.32 Å². The number of alkyl halides is 3. The van der Waals surface area contributed by atoms with Gasteiger partial charge in [0.05, 0.1) is 10.5 Å². The lowest BCUT2D eigenvalue weighted by Crippen LogP contribution is -2.64. The van der Waals surface area contributed by atoms with Gasteiger partial charge in [-0.05, 0) is 86.0 Å². The van der Waals surface area contributed by atoms with E-state index in [-0.39, 0.29) is 42.2 Å². The highest BCUT2D eigenvalue weighted by Crippen LogP contribution is 2.60. The number of primary amides is 1. The van der Waals surface area contributed by atoms with Crippen LogP contribution in [-0.4, -0.2) is 43.2 Å². The van der Waals surface area contributed by atoms with Crippen molar-refractivity contribution in [2.45, 2.75) is 67.6 Å². The molecule has 0 saturated heterocycles.